The average molecular weight is 398 g/mol. The van der Waals surface area contributed by atoms with E-state index in [0.29, 0.717) is 18.0 Å². The SMILES string of the molecule is CC1CC=C2OC=C1C(=O)NCC(C1CC1)OCCCCCNc1cc2ccn1. The lowest BCUT2D eigenvalue weighted by Gasteiger charge is -2.19. The van der Waals surface area contributed by atoms with Crippen molar-refractivity contribution in [2.75, 3.05) is 25.0 Å². The van der Waals surface area contributed by atoms with E-state index in [1.54, 1.807) is 12.5 Å². The molecule has 2 aliphatic heterocycles. The molecule has 3 heterocycles. The summed E-state index contributed by atoms with van der Waals surface area (Å²) in [5.41, 5.74) is 1.65. The molecule has 1 aliphatic carbocycles. The Morgan fingerprint density at radius 1 is 1.17 bits per heavy atom. The summed E-state index contributed by atoms with van der Waals surface area (Å²) in [5.74, 6) is 2.24. The van der Waals surface area contributed by atoms with Gasteiger partial charge in [0.2, 0.25) is 0 Å². The van der Waals surface area contributed by atoms with Crippen molar-refractivity contribution >= 4 is 17.5 Å². The van der Waals surface area contributed by atoms with Crippen molar-refractivity contribution in [3.8, 4) is 0 Å². The van der Waals surface area contributed by atoms with Crippen LogP contribution in [0.5, 0.6) is 0 Å². The second kappa shape index (κ2) is 9.44. The van der Waals surface area contributed by atoms with Gasteiger partial charge >= 0.3 is 0 Å². The standard InChI is InChI=1S/C23H31N3O3/c1-16-5-8-20-18-9-11-25-22(13-18)24-10-3-2-4-12-28-21(17-6-7-17)14-26-23(27)19(16)15-29-20/h8-9,11,13,15-17,21H,2-7,10,12,14H2,1H3,(H,24,25)(H,26,27). The van der Waals surface area contributed by atoms with Gasteiger partial charge < -0.3 is 20.1 Å². The molecule has 0 radical (unpaired) electrons. The maximum Gasteiger partial charge on any atom is 0.250 e. The van der Waals surface area contributed by atoms with Crippen molar-refractivity contribution in [2.24, 2.45) is 11.8 Å². The van der Waals surface area contributed by atoms with Crippen LogP contribution in [0.3, 0.4) is 0 Å². The van der Waals surface area contributed by atoms with E-state index in [0.717, 1.165) is 56.0 Å². The van der Waals surface area contributed by atoms with Crippen LogP contribution in [0.2, 0.25) is 0 Å². The number of carbonyl (C=O) groups excluding carboxylic acids is 1. The molecule has 1 aromatic heterocycles. The van der Waals surface area contributed by atoms with Gasteiger partial charge in [0.05, 0.1) is 11.7 Å². The first kappa shape index (κ1) is 20.0. The van der Waals surface area contributed by atoms with Crippen LogP contribution in [-0.4, -0.2) is 36.7 Å². The van der Waals surface area contributed by atoms with Crippen LogP contribution in [-0.2, 0) is 14.3 Å². The van der Waals surface area contributed by atoms with Crippen LogP contribution in [0.15, 0.2) is 36.2 Å². The zero-order valence-electron chi connectivity index (χ0n) is 17.2. The minimum absolute atomic E-state index is 0.0559. The van der Waals surface area contributed by atoms with Gasteiger partial charge in [-0.1, -0.05) is 6.92 Å². The Balaban J connectivity index is 1.52. The molecule has 2 N–H and O–H groups in total. The highest BCUT2D eigenvalue weighted by atomic mass is 16.5. The fourth-order valence-corrected chi connectivity index (χ4v) is 3.83. The molecule has 3 aliphatic rings. The molecule has 2 unspecified atom stereocenters. The number of carbonyl (C=O) groups is 1. The Morgan fingerprint density at radius 2 is 2.07 bits per heavy atom. The predicted octanol–water partition coefficient (Wildman–Crippen LogP) is 3.87. The Labute approximate surface area is 172 Å². The zero-order chi connectivity index (χ0) is 20.1. The number of ether oxygens (including phenoxy) is 2. The molecule has 4 bridgehead atoms. The summed E-state index contributed by atoms with van der Waals surface area (Å²) in [6.07, 6.45) is 12.0. The highest BCUT2D eigenvalue weighted by Gasteiger charge is 2.32. The average Bonchev–Trinajstić information content (AvgIpc) is 3.57. The van der Waals surface area contributed by atoms with Crippen molar-refractivity contribution in [3.05, 3.63) is 41.8 Å². The van der Waals surface area contributed by atoms with Gasteiger partial charge in [0.25, 0.3) is 5.91 Å². The molecule has 1 amide bonds. The van der Waals surface area contributed by atoms with Crippen molar-refractivity contribution in [1.29, 1.82) is 0 Å². The number of nitrogens with zero attached hydrogens (tertiary/aromatic N) is 1. The first-order chi connectivity index (χ1) is 14.2. The Kier molecular flexibility index (Phi) is 6.49. The quantitative estimate of drug-likeness (QED) is 0.753. The summed E-state index contributed by atoms with van der Waals surface area (Å²) in [5, 5.41) is 6.49. The number of hydrogen-bond acceptors (Lipinski definition) is 5. The third kappa shape index (κ3) is 5.38. The molecular formula is C23H31N3O3. The number of allylic oxidation sites excluding steroid dienone is 1. The molecule has 2 atom stereocenters. The van der Waals surface area contributed by atoms with Crippen molar-refractivity contribution < 1.29 is 14.3 Å². The van der Waals surface area contributed by atoms with Crippen LogP contribution in [0.4, 0.5) is 5.82 Å². The van der Waals surface area contributed by atoms with Crippen molar-refractivity contribution in [3.63, 3.8) is 0 Å². The summed E-state index contributed by atoms with van der Waals surface area (Å²) >= 11 is 0. The molecule has 0 saturated heterocycles. The smallest absolute Gasteiger partial charge is 0.250 e. The molecule has 4 rings (SSSR count). The number of hydrogen-bond donors (Lipinski definition) is 2. The monoisotopic (exact) mass is 397 g/mol. The molecule has 29 heavy (non-hydrogen) atoms. The molecule has 6 nitrogen and oxygen atoms in total. The second-order valence-electron chi connectivity index (χ2n) is 8.27. The van der Waals surface area contributed by atoms with Gasteiger partial charge in [0.15, 0.2) is 0 Å². The molecule has 6 heteroatoms. The molecule has 156 valence electrons. The van der Waals surface area contributed by atoms with Gasteiger partial charge in [-0.3, -0.25) is 4.79 Å². The third-order valence-electron chi connectivity index (χ3n) is 5.88. The lowest BCUT2D eigenvalue weighted by molar-refractivity contribution is -0.118. The van der Waals surface area contributed by atoms with E-state index in [4.69, 9.17) is 9.47 Å². The Morgan fingerprint density at radius 3 is 2.93 bits per heavy atom. The third-order valence-corrected chi connectivity index (χ3v) is 5.88. The topological polar surface area (TPSA) is 72.5 Å². The van der Waals surface area contributed by atoms with E-state index >= 15 is 0 Å². The number of amides is 1. The largest absolute Gasteiger partial charge is 0.464 e. The van der Waals surface area contributed by atoms with Crippen LogP contribution >= 0.6 is 0 Å². The van der Waals surface area contributed by atoms with Crippen LogP contribution in [0.1, 0.15) is 51.0 Å². The highest BCUT2D eigenvalue weighted by Crippen LogP contribution is 2.34. The predicted molar refractivity (Wildman–Crippen MR) is 113 cm³/mol. The van der Waals surface area contributed by atoms with E-state index < -0.39 is 0 Å². The van der Waals surface area contributed by atoms with Crippen molar-refractivity contribution in [1.82, 2.24) is 10.3 Å². The number of pyridine rings is 1. The maximum absolute atomic E-state index is 12.8. The molecule has 1 aromatic rings. The summed E-state index contributed by atoms with van der Waals surface area (Å²) in [4.78, 5) is 17.2. The summed E-state index contributed by atoms with van der Waals surface area (Å²) in [6, 6.07) is 3.94. The number of aromatic nitrogens is 1. The number of fused-ring (bicyclic) bond motifs is 5. The molecule has 0 spiro atoms. The molecule has 0 aromatic carbocycles. The number of rotatable bonds is 1. The fourth-order valence-electron chi connectivity index (χ4n) is 3.83. The lowest BCUT2D eigenvalue weighted by Crippen LogP contribution is -2.36. The van der Waals surface area contributed by atoms with Gasteiger partial charge in [-0.25, -0.2) is 4.98 Å². The Hall–Kier alpha value is -2.34. The molecular weight excluding hydrogens is 366 g/mol. The van der Waals surface area contributed by atoms with Gasteiger partial charge in [0.1, 0.15) is 17.8 Å². The lowest BCUT2D eigenvalue weighted by atomic mass is 9.97. The van der Waals surface area contributed by atoms with Gasteiger partial charge in [-0.2, -0.15) is 0 Å². The van der Waals surface area contributed by atoms with Crippen LogP contribution in [0, 0.1) is 11.8 Å². The van der Waals surface area contributed by atoms with Crippen LogP contribution < -0.4 is 10.6 Å². The Bertz CT molecular complexity index is 785. The normalized spacial score (nSPS) is 26.6. The van der Waals surface area contributed by atoms with E-state index in [-0.39, 0.29) is 17.9 Å². The van der Waals surface area contributed by atoms with Gasteiger partial charge in [-0.15, -0.1) is 0 Å². The van der Waals surface area contributed by atoms with Gasteiger partial charge in [0, 0.05) is 31.5 Å². The maximum atomic E-state index is 12.8. The molecule has 1 saturated carbocycles. The minimum atomic E-state index is -0.0559. The fraction of sp³-hybridized carbons (Fsp3) is 0.565. The summed E-state index contributed by atoms with van der Waals surface area (Å²) in [7, 11) is 0. The number of anilines is 1. The van der Waals surface area contributed by atoms with E-state index in [1.165, 1.54) is 12.8 Å². The highest BCUT2D eigenvalue weighted by molar-refractivity contribution is 5.94. The summed E-state index contributed by atoms with van der Waals surface area (Å²) < 4.78 is 12.0. The first-order valence-electron chi connectivity index (χ1n) is 10.9. The van der Waals surface area contributed by atoms with E-state index in [9.17, 15) is 4.79 Å². The second-order valence-corrected chi connectivity index (χ2v) is 8.27. The van der Waals surface area contributed by atoms with E-state index in [1.807, 2.05) is 12.1 Å². The number of nitrogens with one attached hydrogen (secondary N) is 2. The van der Waals surface area contributed by atoms with E-state index in [2.05, 4.69) is 28.6 Å². The molecule has 1 fully saturated rings. The van der Waals surface area contributed by atoms with Crippen molar-refractivity contribution in [2.45, 2.75) is 51.6 Å². The zero-order valence-corrected chi connectivity index (χ0v) is 17.2. The van der Waals surface area contributed by atoms with Gasteiger partial charge in [-0.05, 0) is 68.6 Å². The van der Waals surface area contributed by atoms with Crippen LogP contribution in [0.25, 0.3) is 5.76 Å². The first-order valence-corrected chi connectivity index (χ1v) is 10.9. The summed E-state index contributed by atoms with van der Waals surface area (Å²) in [6.45, 7) is 4.27. The minimum Gasteiger partial charge on any atom is -0.464 e.